The van der Waals surface area contributed by atoms with Crippen LogP contribution in [0.25, 0.3) is 10.9 Å². The summed E-state index contributed by atoms with van der Waals surface area (Å²) in [5, 5.41) is 22.9. The van der Waals surface area contributed by atoms with Gasteiger partial charge >= 0.3 is 5.92 Å². The van der Waals surface area contributed by atoms with E-state index < -0.39 is 11.5 Å². The molecule has 8 heteroatoms. The number of rotatable bonds is 0. The van der Waals surface area contributed by atoms with Gasteiger partial charge in [0.05, 0.1) is 11.9 Å². The maximum atomic E-state index is 15.4. The number of anilines is 1. The number of nitrogens with zero attached hydrogens (tertiary/aromatic N) is 3. The zero-order valence-electron chi connectivity index (χ0n) is 20.2. The van der Waals surface area contributed by atoms with E-state index in [1.807, 2.05) is 13.0 Å². The molecule has 2 aromatic heterocycles. The zero-order valence-corrected chi connectivity index (χ0v) is 20.2. The van der Waals surface area contributed by atoms with Gasteiger partial charge in [0.2, 0.25) is 0 Å². The van der Waals surface area contributed by atoms with Crippen LogP contribution in [0.5, 0.6) is 0 Å². The van der Waals surface area contributed by atoms with E-state index in [0.717, 1.165) is 37.5 Å². The molecule has 4 rings (SSSR count). The highest BCUT2D eigenvalue weighted by Crippen LogP contribution is 2.42. The normalized spacial score (nSPS) is 24.5. The molecule has 0 aliphatic carbocycles. The van der Waals surface area contributed by atoms with Gasteiger partial charge in [-0.1, -0.05) is 43.2 Å². The fourth-order valence-corrected chi connectivity index (χ4v) is 4.45. The Labute approximate surface area is 203 Å². The number of alkyl halides is 2. The van der Waals surface area contributed by atoms with Gasteiger partial charge in [-0.05, 0) is 44.7 Å². The van der Waals surface area contributed by atoms with Crippen LogP contribution in [0.2, 0.25) is 0 Å². The summed E-state index contributed by atoms with van der Waals surface area (Å²) in [6.45, 7) is 3.67. The lowest BCUT2D eigenvalue weighted by molar-refractivity contribution is -0.176. The summed E-state index contributed by atoms with van der Waals surface area (Å²) in [6, 6.07) is 7.27. The highest BCUT2D eigenvalue weighted by atomic mass is 19.3. The van der Waals surface area contributed by atoms with Crippen molar-refractivity contribution in [3.63, 3.8) is 0 Å². The van der Waals surface area contributed by atoms with Crippen LogP contribution in [0.3, 0.4) is 0 Å². The lowest BCUT2D eigenvalue weighted by atomic mass is 9.87. The number of aryl methyl sites for hydroxylation is 1. The predicted molar refractivity (Wildman–Crippen MR) is 134 cm³/mol. The lowest BCUT2D eigenvalue weighted by Gasteiger charge is -2.32. The molecule has 1 aliphatic rings. The van der Waals surface area contributed by atoms with E-state index in [4.69, 9.17) is 0 Å². The van der Waals surface area contributed by atoms with Gasteiger partial charge in [0.1, 0.15) is 11.1 Å². The molecule has 2 N–H and O–H groups in total. The second-order valence-corrected chi connectivity index (χ2v) is 9.58. The van der Waals surface area contributed by atoms with E-state index in [2.05, 4.69) is 15.5 Å². The van der Waals surface area contributed by atoms with E-state index in [9.17, 15) is 9.90 Å². The Kier molecular flexibility index (Phi) is 7.31. The quantitative estimate of drug-likeness (QED) is 0.401. The first-order chi connectivity index (χ1) is 16.7. The first-order valence-electron chi connectivity index (χ1n) is 12.2. The number of aliphatic hydroxyl groups is 1. The van der Waals surface area contributed by atoms with Gasteiger partial charge in [0, 0.05) is 42.2 Å². The zero-order chi connectivity index (χ0) is 25.1. The van der Waals surface area contributed by atoms with Crippen molar-refractivity contribution in [2.75, 3.05) is 5.32 Å². The van der Waals surface area contributed by atoms with E-state index >= 15 is 8.78 Å². The van der Waals surface area contributed by atoms with Gasteiger partial charge in [-0.15, -0.1) is 0 Å². The maximum Gasteiger partial charge on any atom is 0.301 e. The van der Waals surface area contributed by atoms with E-state index in [0.29, 0.717) is 23.3 Å². The molecular weight excluding hydrogens is 450 g/mol. The van der Waals surface area contributed by atoms with Crippen molar-refractivity contribution in [3.8, 4) is 0 Å². The summed E-state index contributed by atoms with van der Waals surface area (Å²) in [5.41, 5.74) is -0.781. The number of halogens is 2. The fourth-order valence-electron chi connectivity index (χ4n) is 4.45. The molecule has 0 saturated heterocycles. The minimum atomic E-state index is -3.44. The van der Waals surface area contributed by atoms with Crippen molar-refractivity contribution in [3.05, 3.63) is 76.4 Å². The molecule has 6 nitrogen and oxygen atoms in total. The summed E-state index contributed by atoms with van der Waals surface area (Å²) in [5.74, 6) is -3.44. The number of benzene rings is 1. The molecule has 1 unspecified atom stereocenters. The van der Waals surface area contributed by atoms with Crippen LogP contribution in [0.15, 0.2) is 59.7 Å². The first-order valence-corrected chi connectivity index (χ1v) is 12.2. The molecule has 2 atom stereocenters. The van der Waals surface area contributed by atoms with Crippen LogP contribution in [0, 0.1) is 0 Å². The standard InChI is InChI=1S/C27H32F2N4O2/c1-19-20-11-10-12-21(15-20)27(28,29)26(2,35)13-8-6-4-3-5-7-9-14-33-18-22-23(16-25(33)34)32-30-17-24(22)31-19/h6,8,10-12,15-19,31,35H,3-5,7,9,13-14H2,1-2H3/b8-6-/t19-,26?/m1/s1. The van der Waals surface area contributed by atoms with Crippen LogP contribution in [-0.4, -0.2) is 25.5 Å². The Hall–Kier alpha value is -3.13. The van der Waals surface area contributed by atoms with E-state index in [-0.39, 0.29) is 23.6 Å². The monoisotopic (exact) mass is 482 g/mol. The molecule has 1 aliphatic heterocycles. The number of hydrogen-bond donors (Lipinski definition) is 2. The van der Waals surface area contributed by atoms with Gasteiger partial charge in [-0.25, -0.2) is 0 Å². The van der Waals surface area contributed by atoms with Crippen LogP contribution in [0.1, 0.15) is 69.5 Å². The van der Waals surface area contributed by atoms with Crippen LogP contribution >= 0.6 is 0 Å². The predicted octanol–water partition coefficient (Wildman–Crippen LogP) is 5.72. The van der Waals surface area contributed by atoms with Gasteiger partial charge in [0.25, 0.3) is 5.56 Å². The number of allylic oxidation sites excluding steroid dienone is 1. The molecule has 0 amide bonds. The van der Waals surface area contributed by atoms with Crippen LogP contribution in [0.4, 0.5) is 14.5 Å². The van der Waals surface area contributed by atoms with Gasteiger partial charge in [-0.2, -0.15) is 19.0 Å². The van der Waals surface area contributed by atoms with Crippen molar-refractivity contribution in [1.29, 1.82) is 0 Å². The van der Waals surface area contributed by atoms with Crippen molar-refractivity contribution in [2.24, 2.45) is 0 Å². The number of fused-ring (bicyclic) bond motifs is 3. The maximum absolute atomic E-state index is 15.4. The minimum absolute atomic E-state index is 0.121. The Morgan fingerprint density at radius 3 is 2.77 bits per heavy atom. The minimum Gasteiger partial charge on any atom is -0.383 e. The largest absolute Gasteiger partial charge is 0.383 e. The molecule has 1 aromatic carbocycles. The number of hydrogen-bond acceptors (Lipinski definition) is 5. The molecule has 4 bridgehead atoms. The number of nitrogens with one attached hydrogen (secondary N) is 1. The molecule has 0 saturated carbocycles. The van der Waals surface area contributed by atoms with Crippen LogP contribution < -0.4 is 10.9 Å². The molecule has 0 fully saturated rings. The summed E-state index contributed by atoms with van der Waals surface area (Å²) >= 11 is 0. The molecular formula is C27H32F2N4O2. The second kappa shape index (κ2) is 10.2. The molecule has 0 spiro atoms. The topological polar surface area (TPSA) is 80.0 Å². The van der Waals surface area contributed by atoms with E-state index in [1.54, 1.807) is 35.2 Å². The highest BCUT2D eigenvalue weighted by molar-refractivity contribution is 5.89. The Morgan fingerprint density at radius 1 is 1.14 bits per heavy atom. The Balaban J connectivity index is 1.73. The summed E-state index contributed by atoms with van der Waals surface area (Å²) in [4.78, 5) is 12.6. The molecule has 3 aromatic rings. The van der Waals surface area contributed by atoms with Gasteiger partial charge in [-0.3, -0.25) is 4.79 Å². The summed E-state index contributed by atoms with van der Waals surface area (Å²) in [6.07, 6.45) is 11.2. The van der Waals surface area contributed by atoms with Gasteiger partial charge in [0.15, 0.2) is 0 Å². The summed E-state index contributed by atoms with van der Waals surface area (Å²) in [7, 11) is 0. The highest BCUT2D eigenvalue weighted by Gasteiger charge is 2.49. The number of pyridine rings is 1. The van der Waals surface area contributed by atoms with Crippen molar-refractivity contribution >= 4 is 16.6 Å². The molecule has 35 heavy (non-hydrogen) atoms. The third kappa shape index (κ3) is 5.42. The molecule has 186 valence electrons. The summed E-state index contributed by atoms with van der Waals surface area (Å²) < 4.78 is 32.5. The number of aromatic nitrogens is 3. The van der Waals surface area contributed by atoms with Crippen molar-refractivity contribution in [1.82, 2.24) is 14.8 Å². The molecule has 3 heterocycles. The lowest BCUT2D eigenvalue weighted by Crippen LogP contribution is -2.42. The first kappa shape index (κ1) is 25.0. The molecule has 0 radical (unpaired) electrons. The third-order valence-electron chi connectivity index (χ3n) is 6.75. The Bertz CT molecular complexity index is 1270. The average molecular weight is 483 g/mol. The Morgan fingerprint density at radius 2 is 1.94 bits per heavy atom. The van der Waals surface area contributed by atoms with Crippen molar-refractivity contribution in [2.45, 2.75) is 76.5 Å². The van der Waals surface area contributed by atoms with Gasteiger partial charge < -0.3 is 15.0 Å². The average Bonchev–Trinajstić information content (AvgIpc) is 2.83. The second-order valence-electron chi connectivity index (χ2n) is 9.58. The fraction of sp³-hybridized carbons (Fsp3) is 0.444. The SMILES string of the molecule is C[C@H]1Nc2cnnc3cc(=O)n(cc23)CCCCCC/C=C\CC(C)(O)C(F)(F)c2cccc1c2. The third-order valence-corrected chi connectivity index (χ3v) is 6.75. The smallest absolute Gasteiger partial charge is 0.301 e. The van der Waals surface area contributed by atoms with Crippen LogP contribution in [-0.2, 0) is 12.5 Å². The van der Waals surface area contributed by atoms with Crippen molar-refractivity contribution < 1.29 is 13.9 Å². The van der Waals surface area contributed by atoms with E-state index in [1.165, 1.54) is 25.1 Å².